The van der Waals surface area contributed by atoms with Crippen molar-refractivity contribution in [2.24, 2.45) is 5.92 Å². The van der Waals surface area contributed by atoms with Gasteiger partial charge < -0.3 is 25.5 Å². The van der Waals surface area contributed by atoms with Gasteiger partial charge in [0.05, 0.1) is 0 Å². The van der Waals surface area contributed by atoms with E-state index >= 15 is 0 Å². The van der Waals surface area contributed by atoms with E-state index < -0.39 is 0 Å². The number of rotatable bonds is 5. The van der Waals surface area contributed by atoms with Crippen LogP contribution in [0.3, 0.4) is 0 Å². The van der Waals surface area contributed by atoms with E-state index in [2.05, 4.69) is 38.3 Å². The molecule has 87 valence electrons. The fraction of sp³-hybridized carbons (Fsp3) is 0.818. The molecule has 14 heavy (non-hydrogen) atoms. The van der Waals surface area contributed by atoms with Crippen molar-refractivity contribution in [3.63, 3.8) is 0 Å². The molecule has 0 aromatic heterocycles. The zero-order chi connectivity index (χ0) is 8.85. The molecule has 0 aromatic carbocycles. The van der Waals surface area contributed by atoms with Gasteiger partial charge in [0, 0.05) is 32.7 Å². The van der Waals surface area contributed by atoms with Crippen LogP contribution < -0.4 is 0 Å². The summed E-state index contributed by atoms with van der Waals surface area (Å²) in [5.41, 5.74) is 0. The van der Waals surface area contributed by atoms with E-state index in [0.29, 0.717) is 12.0 Å². The summed E-state index contributed by atoms with van der Waals surface area (Å²) < 4.78 is 0. The van der Waals surface area contributed by atoms with Crippen molar-refractivity contribution in [2.45, 2.75) is 46.8 Å². The summed E-state index contributed by atoms with van der Waals surface area (Å²) in [5, 5.41) is 8.78. The summed E-state index contributed by atoms with van der Waals surface area (Å²) in [6, 6.07) is 0.404. The smallest absolute Gasteiger partial charge is 0 e. The summed E-state index contributed by atoms with van der Waals surface area (Å²) in [6.45, 7) is 11.5. The molecule has 2 nitrogen and oxygen atoms in total. The van der Waals surface area contributed by atoms with Crippen molar-refractivity contribution in [1.29, 1.82) is 0 Å². The van der Waals surface area contributed by atoms with E-state index in [9.17, 15) is 0 Å². The summed E-state index contributed by atoms with van der Waals surface area (Å²) in [4.78, 5) is 0. The molecule has 1 radical (unpaired) electrons. The van der Waals surface area contributed by atoms with Crippen LogP contribution in [-0.2, 0) is 32.7 Å². The second-order valence-corrected chi connectivity index (χ2v) is 3.63. The fourth-order valence-electron chi connectivity index (χ4n) is 0.842. The Bertz CT molecular complexity index is 95.3. The summed E-state index contributed by atoms with van der Waals surface area (Å²) in [6.07, 6.45) is 0.178. The van der Waals surface area contributed by atoms with Crippen LogP contribution in [0.5, 0.6) is 0 Å². The molecule has 0 aliphatic carbocycles. The Morgan fingerprint density at radius 3 is 1.64 bits per heavy atom. The van der Waals surface area contributed by atoms with Crippen molar-refractivity contribution in [1.82, 2.24) is 0 Å². The van der Waals surface area contributed by atoms with Gasteiger partial charge in [0.1, 0.15) is 0 Å². The van der Waals surface area contributed by atoms with Gasteiger partial charge >= 0.3 is 0 Å². The fourth-order valence-corrected chi connectivity index (χ4v) is 0.842. The topological polar surface area (TPSA) is 28.2 Å². The maximum absolute atomic E-state index is 4.40. The van der Waals surface area contributed by atoms with E-state index in [0.717, 1.165) is 6.54 Å². The van der Waals surface area contributed by atoms with Gasteiger partial charge in [0.15, 0.2) is 0 Å². The van der Waals surface area contributed by atoms with Gasteiger partial charge in [-0.25, -0.2) is 6.17 Å². The van der Waals surface area contributed by atoms with Crippen molar-refractivity contribution in [3.05, 3.63) is 25.5 Å². The van der Waals surface area contributed by atoms with E-state index in [1.165, 1.54) is 0 Å². The molecule has 0 aliphatic rings. The van der Waals surface area contributed by atoms with E-state index in [-0.39, 0.29) is 53.7 Å². The second kappa shape index (κ2) is 14.0. The van der Waals surface area contributed by atoms with E-state index in [1.807, 2.05) is 6.92 Å². The molecule has 0 aliphatic heterocycles. The monoisotopic (exact) mass is 275 g/mol. The van der Waals surface area contributed by atoms with Crippen LogP contribution in [0, 0.1) is 20.8 Å². The number of hydrogen-bond acceptors (Lipinski definition) is 0. The molecule has 0 heterocycles. The third-order valence-corrected chi connectivity index (χ3v) is 1.25. The van der Waals surface area contributed by atoms with Gasteiger partial charge in [-0.05, 0) is 0 Å². The average molecular weight is 275 g/mol. The molecule has 0 saturated carbocycles. The van der Waals surface area contributed by atoms with Gasteiger partial charge in [-0.3, -0.25) is 0 Å². The Kier molecular flexibility index (Phi) is 24.4. The predicted octanol–water partition coefficient (Wildman–Crippen LogP) is 4.04. The Balaban J connectivity index is -0.000000167. The molecule has 1 unspecified atom stereocenters. The maximum atomic E-state index is 4.40. The largest absolute Gasteiger partial charge is 0.678 e. The summed E-state index contributed by atoms with van der Waals surface area (Å²) >= 11 is 0. The molecular weight excluding hydrogens is 249 g/mol. The molecular formula is C11H26N2Y-4. The van der Waals surface area contributed by atoms with Crippen molar-refractivity contribution in [2.75, 3.05) is 6.54 Å². The first-order valence-corrected chi connectivity index (χ1v) is 4.39. The van der Waals surface area contributed by atoms with E-state index in [4.69, 9.17) is 0 Å². The van der Waals surface area contributed by atoms with Gasteiger partial charge in [-0.2, -0.15) is 0 Å². The van der Waals surface area contributed by atoms with Crippen LogP contribution in [0.25, 0.3) is 10.6 Å². The maximum Gasteiger partial charge on any atom is 0 e. The number of hydrogen-bond donors (Lipinski definition) is 0. The first-order valence-electron chi connectivity index (χ1n) is 4.39. The zero-order valence-corrected chi connectivity index (χ0v) is 13.7. The molecule has 0 bridgehead atoms. The molecule has 0 aromatic rings. The minimum Gasteiger partial charge on any atom is -0.678 e. The quantitative estimate of drug-likeness (QED) is 0.677. The Morgan fingerprint density at radius 1 is 0.929 bits per heavy atom. The standard InChI is InChI=1S/C9H20N2.2CH3.Y/c1-7(2)6-10-9(5)11-8(3)4;;;/h7-9H,6H2,1-5H3;2*1H3;/q-2;2*-1;. The minimum atomic E-state index is 0. The predicted molar refractivity (Wildman–Crippen MR) is 63.8 cm³/mol. The zero-order valence-electron chi connectivity index (χ0n) is 10.9. The van der Waals surface area contributed by atoms with E-state index in [1.54, 1.807) is 0 Å². The first-order chi connectivity index (χ1) is 5.02. The van der Waals surface area contributed by atoms with Crippen molar-refractivity contribution in [3.8, 4) is 0 Å². The first kappa shape index (κ1) is 24.3. The van der Waals surface area contributed by atoms with Crippen LogP contribution >= 0.6 is 0 Å². The van der Waals surface area contributed by atoms with Crippen molar-refractivity contribution < 1.29 is 32.7 Å². The Labute approximate surface area is 117 Å². The third-order valence-electron chi connectivity index (χ3n) is 1.25. The van der Waals surface area contributed by atoms with Gasteiger partial charge in [-0.15, -0.1) is 19.5 Å². The van der Waals surface area contributed by atoms with Gasteiger partial charge in [0.25, 0.3) is 0 Å². The normalized spacial score (nSPS) is 11.4. The van der Waals surface area contributed by atoms with Crippen LogP contribution in [0.1, 0.15) is 34.6 Å². The number of nitrogens with zero attached hydrogens (tertiary/aromatic N) is 2. The average Bonchev–Trinajstić information content (AvgIpc) is 1.82. The third kappa shape index (κ3) is 18.7. The molecule has 3 heteroatoms. The van der Waals surface area contributed by atoms with Crippen LogP contribution in [-0.4, -0.2) is 18.8 Å². The van der Waals surface area contributed by atoms with Gasteiger partial charge in [-0.1, -0.05) is 33.6 Å². The minimum absolute atomic E-state index is 0. The molecule has 0 spiro atoms. The molecule has 0 fully saturated rings. The molecule has 0 rings (SSSR count). The van der Waals surface area contributed by atoms with Crippen molar-refractivity contribution >= 4 is 0 Å². The second-order valence-electron chi connectivity index (χ2n) is 3.63. The van der Waals surface area contributed by atoms with Crippen LogP contribution in [0.4, 0.5) is 0 Å². The summed E-state index contributed by atoms with van der Waals surface area (Å²) in [7, 11) is 0. The molecule has 0 saturated heterocycles. The van der Waals surface area contributed by atoms with Crippen LogP contribution in [0.2, 0.25) is 0 Å². The van der Waals surface area contributed by atoms with Crippen LogP contribution in [0.15, 0.2) is 0 Å². The summed E-state index contributed by atoms with van der Waals surface area (Å²) in [5.74, 6) is 0.653. The molecule has 1 atom stereocenters. The molecule has 0 N–H and O–H groups in total. The Morgan fingerprint density at radius 2 is 1.36 bits per heavy atom. The molecule has 0 amide bonds. The Hall–Kier alpha value is 1.02. The van der Waals surface area contributed by atoms with Gasteiger partial charge in [0.2, 0.25) is 0 Å². The SMILES string of the molecule is CC(C)C[N-]C(C)[N-]C(C)C.[CH3-].[CH3-].[Y].